The second kappa shape index (κ2) is 8.43. The third-order valence-electron chi connectivity index (χ3n) is 4.07. The number of ether oxygens (including phenoxy) is 1. The van der Waals surface area contributed by atoms with Gasteiger partial charge in [-0.3, -0.25) is 4.79 Å². The number of benzene rings is 1. The second-order valence-corrected chi connectivity index (χ2v) is 6.98. The van der Waals surface area contributed by atoms with Gasteiger partial charge >= 0.3 is 5.97 Å². The number of hydrogen-bond donors (Lipinski definition) is 1. The van der Waals surface area contributed by atoms with Gasteiger partial charge in [0.25, 0.3) is 5.22 Å². The Bertz CT molecular complexity index is 1010. The number of aryl methyl sites for hydroxylation is 2. The van der Waals surface area contributed by atoms with Crippen molar-refractivity contribution >= 4 is 23.5 Å². The lowest BCUT2D eigenvalue weighted by molar-refractivity contribution is 0.0522. The topological polar surface area (TPSA) is 85.2 Å². The van der Waals surface area contributed by atoms with E-state index in [1.54, 1.807) is 32.9 Å². The van der Waals surface area contributed by atoms with Gasteiger partial charge in [0.1, 0.15) is 5.82 Å². The fourth-order valence-electron chi connectivity index (χ4n) is 2.86. The highest BCUT2D eigenvalue weighted by molar-refractivity contribution is 7.99. The van der Waals surface area contributed by atoms with E-state index in [-0.39, 0.29) is 29.5 Å². The molecule has 2 heterocycles. The van der Waals surface area contributed by atoms with Crippen LogP contribution >= 0.6 is 11.8 Å². The molecule has 1 aromatic carbocycles. The van der Waals surface area contributed by atoms with Crippen LogP contribution in [0.15, 0.2) is 40.1 Å². The van der Waals surface area contributed by atoms with Crippen LogP contribution in [0.3, 0.4) is 0 Å². The number of aromatic nitrogens is 2. The van der Waals surface area contributed by atoms with Gasteiger partial charge in [0.2, 0.25) is 0 Å². The number of aromatic amines is 1. The van der Waals surface area contributed by atoms with Crippen molar-refractivity contribution in [3.05, 3.63) is 58.8 Å². The summed E-state index contributed by atoms with van der Waals surface area (Å²) in [5, 5.41) is 0.315. The summed E-state index contributed by atoms with van der Waals surface area (Å²) < 4.78 is 23.7. The predicted octanol–water partition coefficient (Wildman–Crippen LogP) is 4.58. The van der Waals surface area contributed by atoms with E-state index in [9.17, 15) is 14.0 Å². The van der Waals surface area contributed by atoms with Crippen LogP contribution < -0.4 is 0 Å². The molecule has 28 heavy (non-hydrogen) atoms. The third-order valence-corrected chi connectivity index (χ3v) is 4.92. The molecule has 0 aliphatic carbocycles. The average molecular weight is 402 g/mol. The highest BCUT2D eigenvalue weighted by atomic mass is 32.2. The molecule has 3 aromatic rings. The van der Waals surface area contributed by atoms with E-state index in [0.29, 0.717) is 33.5 Å². The lowest BCUT2D eigenvalue weighted by Gasteiger charge is -2.05. The molecule has 1 N–H and O–H groups in total. The fraction of sp³-hybridized carbons (Fsp3) is 0.250. The first-order valence-corrected chi connectivity index (χ1v) is 9.63. The number of hydrogen-bond acceptors (Lipinski definition) is 6. The average Bonchev–Trinajstić information content (AvgIpc) is 3.24. The van der Waals surface area contributed by atoms with Crippen molar-refractivity contribution in [2.24, 2.45) is 0 Å². The van der Waals surface area contributed by atoms with Gasteiger partial charge in [0.15, 0.2) is 11.5 Å². The van der Waals surface area contributed by atoms with E-state index in [1.807, 2.05) is 0 Å². The van der Waals surface area contributed by atoms with Crippen molar-refractivity contribution < 1.29 is 23.1 Å². The number of thioether (sulfide) groups is 1. The Morgan fingerprint density at radius 2 is 1.86 bits per heavy atom. The smallest absolute Gasteiger partial charge is 0.340 e. The maximum Gasteiger partial charge on any atom is 0.340 e. The van der Waals surface area contributed by atoms with Crippen molar-refractivity contribution in [3.8, 4) is 11.3 Å². The normalized spacial score (nSPS) is 10.9. The summed E-state index contributed by atoms with van der Waals surface area (Å²) in [4.78, 5) is 32.1. The van der Waals surface area contributed by atoms with E-state index >= 15 is 0 Å². The minimum absolute atomic E-state index is 0.0495. The Morgan fingerprint density at radius 1 is 1.18 bits per heavy atom. The second-order valence-electron chi connectivity index (χ2n) is 6.05. The molecule has 0 saturated carbocycles. The number of nitrogens with zero attached hydrogens (tertiary/aromatic N) is 1. The van der Waals surface area contributed by atoms with Gasteiger partial charge in [0.05, 0.1) is 29.7 Å². The maximum absolute atomic E-state index is 13.0. The first kappa shape index (κ1) is 19.9. The van der Waals surface area contributed by atoms with Gasteiger partial charge in [-0.2, -0.15) is 0 Å². The third kappa shape index (κ3) is 4.17. The lowest BCUT2D eigenvalue weighted by atomic mass is 10.1. The number of esters is 1. The Hall–Kier alpha value is -2.87. The number of Topliss-reactive ketones (excluding diaryl/α,β-unsaturated/α-hetero) is 1. The Kier molecular flexibility index (Phi) is 5.99. The fourth-order valence-corrected chi connectivity index (χ4v) is 3.53. The van der Waals surface area contributed by atoms with Crippen molar-refractivity contribution in [1.29, 1.82) is 0 Å². The molecule has 8 heteroatoms. The van der Waals surface area contributed by atoms with Crippen molar-refractivity contribution in [1.82, 2.24) is 9.97 Å². The molecule has 0 aliphatic heterocycles. The zero-order chi connectivity index (χ0) is 20.3. The van der Waals surface area contributed by atoms with Gasteiger partial charge < -0.3 is 14.1 Å². The molecule has 0 bridgehead atoms. The number of rotatable bonds is 7. The number of H-pyrrole nitrogens is 1. The van der Waals surface area contributed by atoms with Gasteiger partial charge in [-0.15, -0.1) is 0 Å². The standard InChI is InChI=1S/C20H19FN2O4S/c1-4-26-19(25)18-12(3)23-11(2)17(18)15(24)10-28-20-22-9-16(27-20)13-5-7-14(21)8-6-13/h5-9,23H,4,10H2,1-3H3. The zero-order valence-electron chi connectivity index (χ0n) is 15.7. The van der Waals surface area contributed by atoms with Crippen molar-refractivity contribution in [2.75, 3.05) is 12.4 Å². The highest BCUT2D eigenvalue weighted by Crippen LogP contribution is 2.27. The summed E-state index contributed by atoms with van der Waals surface area (Å²) in [6, 6.07) is 5.85. The Labute approximate surface area is 165 Å². The molecule has 0 saturated heterocycles. The minimum atomic E-state index is -0.521. The van der Waals surface area contributed by atoms with E-state index < -0.39 is 5.97 Å². The van der Waals surface area contributed by atoms with Gasteiger partial charge in [-0.1, -0.05) is 11.8 Å². The molecular weight excluding hydrogens is 383 g/mol. The van der Waals surface area contributed by atoms with Crippen LogP contribution in [0.4, 0.5) is 4.39 Å². The molecule has 0 spiro atoms. The SMILES string of the molecule is CCOC(=O)c1c(C)[nH]c(C)c1C(=O)CSc1ncc(-c2ccc(F)cc2)o1. The molecular formula is C20H19FN2O4S. The summed E-state index contributed by atoms with van der Waals surface area (Å²) in [6.07, 6.45) is 1.52. The van der Waals surface area contributed by atoms with E-state index in [0.717, 1.165) is 11.8 Å². The largest absolute Gasteiger partial charge is 0.462 e. The molecule has 0 aliphatic rings. The first-order valence-electron chi connectivity index (χ1n) is 8.64. The number of oxazole rings is 1. The van der Waals surface area contributed by atoms with Crippen LogP contribution in [0.1, 0.15) is 39.0 Å². The Balaban J connectivity index is 1.73. The van der Waals surface area contributed by atoms with Crippen LogP contribution in [0, 0.1) is 19.7 Å². The van der Waals surface area contributed by atoms with Gasteiger partial charge in [-0.25, -0.2) is 14.2 Å². The van der Waals surface area contributed by atoms with Crippen LogP contribution in [0.2, 0.25) is 0 Å². The predicted molar refractivity (Wildman–Crippen MR) is 103 cm³/mol. The molecule has 0 fully saturated rings. The van der Waals surface area contributed by atoms with Gasteiger partial charge in [0, 0.05) is 17.0 Å². The molecule has 0 radical (unpaired) electrons. The molecule has 0 atom stereocenters. The van der Waals surface area contributed by atoms with Crippen molar-refractivity contribution in [2.45, 2.75) is 26.0 Å². The number of ketones is 1. The van der Waals surface area contributed by atoms with Crippen LogP contribution in [-0.2, 0) is 4.74 Å². The maximum atomic E-state index is 13.0. The van der Waals surface area contributed by atoms with Crippen LogP contribution in [0.5, 0.6) is 0 Å². The summed E-state index contributed by atoms with van der Waals surface area (Å²) in [7, 11) is 0. The first-order chi connectivity index (χ1) is 13.4. The summed E-state index contributed by atoms with van der Waals surface area (Å²) in [5.74, 6) is -0.550. The van der Waals surface area contributed by atoms with E-state index in [2.05, 4.69) is 9.97 Å². The zero-order valence-corrected chi connectivity index (χ0v) is 16.5. The monoisotopic (exact) mass is 402 g/mol. The number of halogens is 1. The van der Waals surface area contributed by atoms with Crippen LogP contribution in [-0.4, -0.2) is 34.1 Å². The molecule has 146 valence electrons. The van der Waals surface area contributed by atoms with Crippen LogP contribution in [0.25, 0.3) is 11.3 Å². The molecule has 2 aromatic heterocycles. The van der Waals surface area contributed by atoms with E-state index in [1.165, 1.54) is 18.3 Å². The van der Waals surface area contributed by atoms with Gasteiger partial charge in [-0.05, 0) is 45.0 Å². The van der Waals surface area contributed by atoms with Crippen molar-refractivity contribution in [3.63, 3.8) is 0 Å². The Morgan fingerprint density at radius 3 is 2.54 bits per heavy atom. The van der Waals surface area contributed by atoms with E-state index in [4.69, 9.17) is 9.15 Å². The number of nitrogens with one attached hydrogen (secondary N) is 1. The molecule has 6 nitrogen and oxygen atoms in total. The molecule has 0 amide bonds. The number of carbonyl (C=O) groups is 2. The molecule has 3 rings (SSSR count). The quantitative estimate of drug-likeness (QED) is 0.354. The molecule has 0 unspecified atom stereocenters. The highest BCUT2D eigenvalue weighted by Gasteiger charge is 2.25. The minimum Gasteiger partial charge on any atom is -0.462 e. The summed E-state index contributed by atoms with van der Waals surface area (Å²) in [6.45, 7) is 5.41. The summed E-state index contributed by atoms with van der Waals surface area (Å²) >= 11 is 1.13. The number of carbonyl (C=O) groups excluding carboxylic acids is 2. The lowest BCUT2D eigenvalue weighted by Crippen LogP contribution is -2.13. The summed E-state index contributed by atoms with van der Waals surface area (Å²) in [5.41, 5.74) is 2.50.